The average Bonchev–Trinajstić information content (AvgIpc) is 2.43. The van der Waals surface area contributed by atoms with E-state index in [9.17, 15) is 15.2 Å². The van der Waals surface area contributed by atoms with Crippen molar-refractivity contribution >= 4 is 5.69 Å². The predicted molar refractivity (Wildman–Crippen MR) is 76.9 cm³/mol. The molecule has 1 aliphatic rings. The van der Waals surface area contributed by atoms with E-state index < -0.39 is 4.92 Å². The maximum Gasteiger partial charge on any atom is 0.313 e. The van der Waals surface area contributed by atoms with Crippen LogP contribution in [0.4, 0.5) is 5.69 Å². The van der Waals surface area contributed by atoms with Gasteiger partial charge in [-0.1, -0.05) is 18.2 Å². The topological polar surface area (TPSA) is 78.6 Å². The fourth-order valence-corrected chi connectivity index (χ4v) is 2.60. The van der Waals surface area contributed by atoms with Gasteiger partial charge in [0.05, 0.1) is 11.0 Å². The van der Waals surface area contributed by atoms with Crippen LogP contribution in [0, 0.1) is 17.0 Å². The Morgan fingerprint density at radius 1 is 1.50 bits per heavy atom. The van der Waals surface area contributed by atoms with E-state index in [2.05, 4.69) is 16.8 Å². The van der Waals surface area contributed by atoms with Crippen molar-refractivity contribution in [1.29, 1.82) is 0 Å². The summed E-state index contributed by atoms with van der Waals surface area (Å²) in [5.74, 6) is -0.251. The molecule has 2 N–H and O–H groups in total. The van der Waals surface area contributed by atoms with Crippen LogP contribution in [-0.2, 0) is 0 Å². The predicted octanol–water partition coefficient (Wildman–Crippen LogP) is 1.74. The maximum atomic E-state index is 11.1. The minimum Gasteiger partial charge on any atom is -0.502 e. The molecule has 0 spiro atoms. The molecule has 20 heavy (non-hydrogen) atoms. The lowest BCUT2D eigenvalue weighted by molar-refractivity contribution is -0.386. The van der Waals surface area contributed by atoms with Crippen LogP contribution in [0.5, 0.6) is 5.75 Å². The van der Waals surface area contributed by atoms with E-state index in [-0.39, 0.29) is 17.5 Å². The third-order valence-electron chi connectivity index (χ3n) is 3.65. The van der Waals surface area contributed by atoms with Crippen molar-refractivity contribution in [1.82, 2.24) is 10.2 Å². The Labute approximate surface area is 117 Å². The van der Waals surface area contributed by atoms with Crippen molar-refractivity contribution in [2.24, 2.45) is 0 Å². The minimum absolute atomic E-state index is 0.212. The Bertz CT molecular complexity index is 525. The first-order valence-corrected chi connectivity index (χ1v) is 6.60. The standard InChI is InChI=1S/C14H19N3O3/c1-3-12(16-8-6-15-7-9-16)11-5-4-10(2)13(14(11)18)17(19)20/h3-5,12,15,18H,1,6-9H2,2H3/t12-/m0/s1. The number of piperazine rings is 1. The monoisotopic (exact) mass is 277 g/mol. The van der Waals surface area contributed by atoms with Gasteiger partial charge in [-0.2, -0.15) is 0 Å². The third-order valence-corrected chi connectivity index (χ3v) is 3.65. The van der Waals surface area contributed by atoms with E-state index in [0.717, 1.165) is 26.2 Å². The van der Waals surface area contributed by atoms with Gasteiger partial charge >= 0.3 is 5.69 Å². The SMILES string of the molecule is C=C[C@@H](c1ccc(C)c([N+](=O)[O-])c1O)N1CCNCC1. The summed E-state index contributed by atoms with van der Waals surface area (Å²) in [6.45, 7) is 8.78. The molecule has 0 amide bonds. The summed E-state index contributed by atoms with van der Waals surface area (Å²) in [5, 5.41) is 24.6. The van der Waals surface area contributed by atoms with Crippen LogP contribution in [0.15, 0.2) is 24.8 Å². The summed E-state index contributed by atoms with van der Waals surface area (Å²) in [6.07, 6.45) is 1.72. The molecule has 1 atom stereocenters. The van der Waals surface area contributed by atoms with Crippen molar-refractivity contribution < 1.29 is 10.0 Å². The van der Waals surface area contributed by atoms with E-state index in [1.54, 1.807) is 25.1 Å². The first kappa shape index (κ1) is 14.5. The number of hydrogen-bond donors (Lipinski definition) is 2. The highest BCUT2D eigenvalue weighted by molar-refractivity contribution is 5.57. The first-order chi connectivity index (χ1) is 9.56. The number of hydrogen-bond acceptors (Lipinski definition) is 5. The summed E-state index contributed by atoms with van der Waals surface area (Å²) in [4.78, 5) is 12.7. The molecule has 0 aliphatic carbocycles. The summed E-state index contributed by atoms with van der Waals surface area (Å²) in [5.41, 5.74) is 0.781. The third kappa shape index (κ3) is 2.66. The molecule has 0 unspecified atom stereocenters. The second-order valence-corrected chi connectivity index (χ2v) is 4.89. The summed E-state index contributed by atoms with van der Waals surface area (Å²) in [6, 6.07) is 3.20. The van der Waals surface area contributed by atoms with Crippen molar-refractivity contribution in [3.8, 4) is 5.75 Å². The van der Waals surface area contributed by atoms with Crippen LogP contribution in [0.25, 0.3) is 0 Å². The van der Waals surface area contributed by atoms with Crippen LogP contribution in [0.2, 0.25) is 0 Å². The number of nitrogens with zero attached hydrogens (tertiary/aromatic N) is 2. The van der Waals surface area contributed by atoms with Gasteiger partial charge in [0.1, 0.15) is 0 Å². The number of nitro benzene ring substituents is 1. The van der Waals surface area contributed by atoms with Gasteiger partial charge in [0.2, 0.25) is 0 Å². The quantitative estimate of drug-likeness (QED) is 0.498. The molecular formula is C14H19N3O3. The molecular weight excluding hydrogens is 258 g/mol. The Hall–Kier alpha value is -1.92. The molecule has 1 aliphatic heterocycles. The van der Waals surface area contributed by atoms with Gasteiger partial charge in [-0.15, -0.1) is 6.58 Å². The Balaban J connectivity index is 2.41. The van der Waals surface area contributed by atoms with E-state index in [1.807, 2.05) is 0 Å². The van der Waals surface area contributed by atoms with E-state index >= 15 is 0 Å². The lowest BCUT2D eigenvalue weighted by Crippen LogP contribution is -2.44. The number of aromatic hydroxyl groups is 1. The van der Waals surface area contributed by atoms with Gasteiger partial charge in [-0.25, -0.2) is 0 Å². The van der Waals surface area contributed by atoms with Crippen molar-refractivity contribution in [3.05, 3.63) is 46.0 Å². The lowest BCUT2D eigenvalue weighted by Gasteiger charge is -2.33. The van der Waals surface area contributed by atoms with Crippen molar-refractivity contribution in [3.63, 3.8) is 0 Å². The number of benzene rings is 1. The van der Waals surface area contributed by atoms with E-state index in [0.29, 0.717) is 11.1 Å². The first-order valence-electron chi connectivity index (χ1n) is 6.60. The van der Waals surface area contributed by atoms with Crippen LogP contribution in [0.1, 0.15) is 17.2 Å². The number of nitro groups is 1. The van der Waals surface area contributed by atoms with Gasteiger partial charge in [0.15, 0.2) is 5.75 Å². The number of aryl methyl sites for hydroxylation is 1. The highest BCUT2D eigenvalue weighted by Gasteiger charge is 2.27. The molecule has 1 aromatic carbocycles. The molecule has 2 rings (SSSR count). The van der Waals surface area contributed by atoms with Crippen LogP contribution < -0.4 is 5.32 Å². The summed E-state index contributed by atoms with van der Waals surface area (Å²) < 4.78 is 0. The van der Waals surface area contributed by atoms with E-state index in [1.165, 1.54) is 0 Å². The largest absolute Gasteiger partial charge is 0.502 e. The molecule has 1 fully saturated rings. The van der Waals surface area contributed by atoms with Crippen LogP contribution in [0.3, 0.4) is 0 Å². The van der Waals surface area contributed by atoms with Crippen molar-refractivity contribution in [2.75, 3.05) is 26.2 Å². The number of phenols is 1. The molecule has 6 nitrogen and oxygen atoms in total. The molecule has 0 bridgehead atoms. The second-order valence-electron chi connectivity index (χ2n) is 4.89. The molecule has 0 aromatic heterocycles. The molecule has 0 saturated carbocycles. The normalized spacial score (nSPS) is 17.6. The zero-order chi connectivity index (χ0) is 14.7. The smallest absolute Gasteiger partial charge is 0.313 e. The van der Waals surface area contributed by atoms with E-state index in [4.69, 9.17) is 0 Å². The summed E-state index contributed by atoms with van der Waals surface area (Å²) in [7, 11) is 0. The molecule has 108 valence electrons. The number of rotatable bonds is 4. The zero-order valence-corrected chi connectivity index (χ0v) is 11.5. The Morgan fingerprint density at radius 2 is 2.15 bits per heavy atom. The van der Waals surface area contributed by atoms with Gasteiger partial charge in [-0.3, -0.25) is 15.0 Å². The highest BCUT2D eigenvalue weighted by atomic mass is 16.6. The van der Waals surface area contributed by atoms with Gasteiger partial charge in [0, 0.05) is 37.3 Å². The summed E-state index contributed by atoms with van der Waals surface area (Å²) >= 11 is 0. The lowest BCUT2D eigenvalue weighted by atomic mass is 10.00. The maximum absolute atomic E-state index is 11.1. The van der Waals surface area contributed by atoms with Crippen LogP contribution >= 0.6 is 0 Å². The average molecular weight is 277 g/mol. The highest BCUT2D eigenvalue weighted by Crippen LogP contribution is 2.38. The van der Waals surface area contributed by atoms with Gasteiger partial charge in [-0.05, 0) is 6.92 Å². The Morgan fingerprint density at radius 3 is 2.70 bits per heavy atom. The fraction of sp³-hybridized carbons (Fsp3) is 0.429. The van der Waals surface area contributed by atoms with Gasteiger partial charge in [0.25, 0.3) is 0 Å². The zero-order valence-electron chi connectivity index (χ0n) is 11.5. The molecule has 0 radical (unpaired) electrons. The number of phenolic OH excluding ortho intramolecular Hbond substituents is 1. The molecule has 1 heterocycles. The molecule has 1 aromatic rings. The van der Waals surface area contributed by atoms with Crippen LogP contribution in [-0.4, -0.2) is 41.1 Å². The second kappa shape index (κ2) is 6.02. The minimum atomic E-state index is -0.536. The molecule has 6 heteroatoms. The fourth-order valence-electron chi connectivity index (χ4n) is 2.60. The number of nitrogens with one attached hydrogen (secondary N) is 1. The van der Waals surface area contributed by atoms with Crippen molar-refractivity contribution in [2.45, 2.75) is 13.0 Å². The van der Waals surface area contributed by atoms with Gasteiger partial charge < -0.3 is 10.4 Å². The Kier molecular flexibility index (Phi) is 4.36. The molecule has 1 saturated heterocycles.